The summed E-state index contributed by atoms with van der Waals surface area (Å²) in [5, 5.41) is 17.1. The van der Waals surface area contributed by atoms with Crippen LogP contribution >= 0.6 is 23.5 Å². The van der Waals surface area contributed by atoms with Gasteiger partial charge in [-0.3, -0.25) is 19.2 Å². The SMILES string of the molecule is CSCCC(NC(=O)C(N)CC(N)=O)C(=O)NC(CCSC)C(=O)NC(Cc1cnc[nH]1)C(=O)O. The van der Waals surface area contributed by atoms with E-state index in [1.807, 2.05) is 12.5 Å². The molecule has 0 aliphatic rings. The van der Waals surface area contributed by atoms with E-state index in [4.69, 9.17) is 11.5 Å². The number of carbonyl (C=O) groups is 5. The number of hydrogen-bond acceptors (Lipinski definition) is 9. The highest BCUT2D eigenvalue weighted by atomic mass is 32.2. The molecule has 15 heteroatoms. The number of carbonyl (C=O) groups excluding carboxylic acids is 4. The molecule has 0 bridgehead atoms. The summed E-state index contributed by atoms with van der Waals surface area (Å²) in [6.07, 6.45) is 6.60. The number of nitrogens with two attached hydrogens (primary N) is 2. The Morgan fingerprint density at radius 2 is 1.49 bits per heavy atom. The van der Waals surface area contributed by atoms with E-state index < -0.39 is 53.8 Å². The third-order valence-corrected chi connectivity index (χ3v) is 6.13. The summed E-state index contributed by atoms with van der Waals surface area (Å²) in [4.78, 5) is 67.6. The van der Waals surface area contributed by atoms with Crippen molar-refractivity contribution in [3.05, 3.63) is 18.2 Å². The zero-order valence-corrected chi connectivity index (χ0v) is 21.2. The van der Waals surface area contributed by atoms with E-state index in [1.54, 1.807) is 0 Å². The van der Waals surface area contributed by atoms with Gasteiger partial charge in [0.25, 0.3) is 0 Å². The molecule has 0 aliphatic carbocycles. The summed E-state index contributed by atoms with van der Waals surface area (Å²) in [7, 11) is 0. The number of nitrogens with one attached hydrogen (secondary N) is 4. The van der Waals surface area contributed by atoms with Crippen molar-refractivity contribution in [2.45, 2.75) is 49.9 Å². The topological polar surface area (TPSA) is 222 Å². The average Bonchev–Trinajstić information content (AvgIpc) is 3.31. The highest BCUT2D eigenvalue weighted by Gasteiger charge is 2.30. The highest BCUT2D eigenvalue weighted by molar-refractivity contribution is 7.98. The molecule has 35 heavy (non-hydrogen) atoms. The molecule has 1 rings (SSSR count). The van der Waals surface area contributed by atoms with E-state index in [0.29, 0.717) is 17.2 Å². The number of aromatic nitrogens is 2. The summed E-state index contributed by atoms with van der Waals surface area (Å²) >= 11 is 2.90. The predicted molar refractivity (Wildman–Crippen MR) is 134 cm³/mol. The Bertz CT molecular complexity index is 855. The smallest absolute Gasteiger partial charge is 0.326 e. The summed E-state index contributed by atoms with van der Waals surface area (Å²) in [6.45, 7) is 0. The molecule has 0 saturated heterocycles. The lowest BCUT2D eigenvalue weighted by Gasteiger charge is -2.25. The monoisotopic (exact) mass is 531 g/mol. The second kappa shape index (κ2) is 16.0. The Hall–Kier alpha value is -2.78. The van der Waals surface area contributed by atoms with Crippen LogP contribution in [0.5, 0.6) is 0 Å². The molecule has 4 unspecified atom stereocenters. The number of H-pyrrole nitrogens is 1. The fourth-order valence-corrected chi connectivity index (χ4v) is 3.90. The highest BCUT2D eigenvalue weighted by Crippen LogP contribution is 2.07. The molecule has 1 heterocycles. The van der Waals surface area contributed by atoms with Crippen LogP contribution < -0.4 is 27.4 Å². The van der Waals surface area contributed by atoms with Gasteiger partial charge in [0.15, 0.2) is 0 Å². The number of aliphatic carboxylic acids is 1. The lowest BCUT2D eigenvalue weighted by molar-refractivity contribution is -0.142. The van der Waals surface area contributed by atoms with Crippen molar-refractivity contribution < 1.29 is 29.1 Å². The second-order valence-corrected chi connectivity index (χ2v) is 9.61. The Morgan fingerprint density at radius 1 is 0.971 bits per heavy atom. The van der Waals surface area contributed by atoms with Gasteiger partial charge in [-0.1, -0.05) is 0 Å². The van der Waals surface area contributed by atoms with Crippen LogP contribution in [0.25, 0.3) is 0 Å². The van der Waals surface area contributed by atoms with Crippen molar-refractivity contribution in [3.63, 3.8) is 0 Å². The van der Waals surface area contributed by atoms with E-state index in [1.165, 1.54) is 36.0 Å². The number of rotatable bonds is 17. The first-order valence-corrected chi connectivity index (χ1v) is 13.5. The molecule has 196 valence electrons. The molecule has 0 fully saturated rings. The van der Waals surface area contributed by atoms with Crippen LogP contribution in [0.3, 0.4) is 0 Å². The van der Waals surface area contributed by atoms with Crippen molar-refractivity contribution >= 4 is 53.1 Å². The van der Waals surface area contributed by atoms with Gasteiger partial charge in [0.1, 0.15) is 18.1 Å². The van der Waals surface area contributed by atoms with Gasteiger partial charge in [-0.25, -0.2) is 9.78 Å². The van der Waals surface area contributed by atoms with Crippen molar-refractivity contribution in [1.82, 2.24) is 25.9 Å². The first-order chi connectivity index (χ1) is 16.6. The van der Waals surface area contributed by atoms with E-state index in [-0.39, 0.29) is 25.7 Å². The fourth-order valence-electron chi connectivity index (χ4n) is 2.96. The van der Waals surface area contributed by atoms with Crippen molar-refractivity contribution in [2.24, 2.45) is 11.5 Å². The number of imidazole rings is 1. The molecule has 0 aliphatic heterocycles. The van der Waals surface area contributed by atoms with Crippen LogP contribution in [0, 0.1) is 0 Å². The summed E-state index contributed by atoms with van der Waals surface area (Å²) in [5.41, 5.74) is 11.3. The molecule has 9 N–H and O–H groups in total. The van der Waals surface area contributed by atoms with E-state index in [9.17, 15) is 29.1 Å². The molecule has 4 amide bonds. The summed E-state index contributed by atoms with van der Waals surface area (Å²) in [5.74, 6) is -2.97. The number of hydrogen-bond donors (Lipinski definition) is 7. The molecule has 13 nitrogen and oxygen atoms in total. The van der Waals surface area contributed by atoms with Crippen LogP contribution in [0.4, 0.5) is 0 Å². The van der Waals surface area contributed by atoms with E-state index in [0.717, 1.165) is 0 Å². The number of primary amides is 1. The largest absolute Gasteiger partial charge is 0.480 e. The van der Waals surface area contributed by atoms with Gasteiger partial charge < -0.3 is 37.5 Å². The van der Waals surface area contributed by atoms with Gasteiger partial charge >= 0.3 is 5.97 Å². The Balaban J connectivity index is 2.93. The van der Waals surface area contributed by atoms with Gasteiger partial charge in [-0.05, 0) is 36.9 Å². The lowest BCUT2D eigenvalue weighted by Crippen LogP contribution is -2.57. The minimum atomic E-state index is -1.24. The number of aromatic amines is 1. The minimum Gasteiger partial charge on any atom is -0.480 e. The van der Waals surface area contributed by atoms with Crippen LogP contribution in [0.15, 0.2) is 12.5 Å². The van der Waals surface area contributed by atoms with Crippen LogP contribution in [-0.2, 0) is 30.4 Å². The molecular weight excluding hydrogens is 498 g/mol. The van der Waals surface area contributed by atoms with E-state index in [2.05, 4.69) is 25.9 Å². The van der Waals surface area contributed by atoms with Crippen molar-refractivity contribution in [1.29, 1.82) is 0 Å². The maximum Gasteiger partial charge on any atom is 0.326 e. The molecule has 4 atom stereocenters. The Kier molecular flexibility index (Phi) is 13.8. The fraction of sp³-hybridized carbons (Fsp3) is 0.600. The first-order valence-electron chi connectivity index (χ1n) is 10.7. The van der Waals surface area contributed by atoms with Gasteiger partial charge in [0.05, 0.1) is 18.8 Å². The lowest BCUT2D eigenvalue weighted by atomic mass is 10.1. The first kappa shape index (κ1) is 30.3. The molecular formula is C20H33N7O6S2. The van der Waals surface area contributed by atoms with Crippen molar-refractivity contribution in [2.75, 3.05) is 24.0 Å². The van der Waals surface area contributed by atoms with Gasteiger partial charge in [0, 0.05) is 18.3 Å². The Morgan fingerprint density at radius 3 is 1.91 bits per heavy atom. The van der Waals surface area contributed by atoms with Gasteiger partial charge in [0.2, 0.25) is 23.6 Å². The quantitative estimate of drug-likeness (QED) is 0.119. The zero-order valence-electron chi connectivity index (χ0n) is 19.6. The minimum absolute atomic E-state index is 0.0194. The molecule has 0 radical (unpaired) electrons. The number of carboxylic acids is 1. The standard InChI is InChI=1S/C20H33N7O6S2/c1-34-5-3-13(25-17(29)12(21)8-16(22)28)18(30)26-14(4-6-35-2)19(31)27-15(20(32)33)7-11-9-23-10-24-11/h9-10,12-15H,3-8,21H2,1-2H3,(H2,22,28)(H,23,24)(H,25,29)(H,26,30)(H,27,31)(H,32,33). The molecule has 0 saturated carbocycles. The summed E-state index contributed by atoms with van der Waals surface area (Å²) in [6, 6.07) is -4.51. The van der Waals surface area contributed by atoms with Gasteiger partial charge in [-0.2, -0.15) is 23.5 Å². The van der Waals surface area contributed by atoms with Gasteiger partial charge in [-0.15, -0.1) is 0 Å². The molecule has 1 aromatic rings. The average molecular weight is 532 g/mol. The zero-order chi connectivity index (χ0) is 26.4. The predicted octanol–water partition coefficient (Wildman–Crippen LogP) is -1.80. The molecule has 0 aromatic carbocycles. The summed E-state index contributed by atoms with van der Waals surface area (Å²) < 4.78 is 0. The number of amides is 4. The van der Waals surface area contributed by atoms with Crippen LogP contribution in [0.2, 0.25) is 0 Å². The molecule has 0 spiro atoms. The van der Waals surface area contributed by atoms with Crippen molar-refractivity contribution in [3.8, 4) is 0 Å². The van der Waals surface area contributed by atoms with E-state index >= 15 is 0 Å². The normalized spacial score (nSPS) is 14.3. The van der Waals surface area contributed by atoms with Crippen LogP contribution in [0.1, 0.15) is 25.0 Å². The number of thioether (sulfide) groups is 2. The number of nitrogens with zero attached hydrogens (tertiary/aromatic N) is 1. The third-order valence-electron chi connectivity index (χ3n) is 4.84. The molecule has 1 aromatic heterocycles. The third kappa shape index (κ3) is 11.5. The second-order valence-electron chi connectivity index (χ2n) is 7.64. The maximum atomic E-state index is 13.0. The Labute approximate surface area is 211 Å². The number of carboxylic acid groups (broad SMARTS) is 1. The maximum absolute atomic E-state index is 13.0. The van der Waals surface area contributed by atoms with Crippen LogP contribution in [-0.4, -0.2) is 92.9 Å².